The average Bonchev–Trinajstić information content (AvgIpc) is 2.73. The third-order valence-corrected chi connectivity index (χ3v) is 4.64. The molecule has 5 nitrogen and oxygen atoms in total. The first-order valence-corrected chi connectivity index (χ1v) is 9.77. The van der Waals surface area contributed by atoms with E-state index in [1.807, 2.05) is 18.2 Å². The molecule has 0 bridgehead atoms. The predicted molar refractivity (Wildman–Crippen MR) is 112 cm³/mol. The van der Waals surface area contributed by atoms with Crippen molar-refractivity contribution in [2.24, 2.45) is 0 Å². The van der Waals surface area contributed by atoms with E-state index in [0.717, 1.165) is 6.42 Å². The summed E-state index contributed by atoms with van der Waals surface area (Å²) in [4.78, 5) is 27.9. The monoisotopic (exact) mass is 437 g/mol. The van der Waals surface area contributed by atoms with Crippen molar-refractivity contribution < 1.29 is 9.59 Å². The largest absolute Gasteiger partial charge is 0.288 e. The Morgan fingerprint density at radius 1 is 0.821 bits per heavy atom. The second-order valence-electron chi connectivity index (χ2n) is 6.26. The Morgan fingerprint density at radius 2 is 1.54 bits per heavy atom. The summed E-state index contributed by atoms with van der Waals surface area (Å²) < 4.78 is 0.560. The van der Waals surface area contributed by atoms with Crippen molar-refractivity contribution in [1.29, 1.82) is 0 Å². The molecule has 2 amide bonds. The fraction of sp³-hybridized carbons (Fsp3) is 0.136. The van der Waals surface area contributed by atoms with E-state index in [-0.39, 0.29) is 11.6 Å². The van der Waals surface area contributed by atoms with Gasteiger partial charge in [-0.25, -0.2) is 4.98 Å². The highest BCUT2D eigenvalue weighted by molar-refractivity contribution is 9.10. The van der Waals surface area contributed by atoms with Crippen molar-refractivity contribution in [2.45, 2.75) is 19.3 Å². The van der Waals surface area contributed by atoms with Gasteiger partial charge in [0.2, 0.25) is 5.91 Å². The van der Waals surface area contributed by atoms with Crippen LogP contribution in [0.15, 0.2) is 77.4 Å². The molecule has 3 rings (SSSR count). The molecule has 3 aromatic rings. The number of hydrogen-bond donors (Lipinski definition) is 2. The van der Waals surface area contributed by atoms with Crippen molar-refractivity contribution in [3.63, 3.8) is 0 Å². The molecule has 0 radical (unpaired) electrons. The highest BCUT2D eigenvalue weighted by Gasteiger charge is 2.09. The summed E-state index contributed by atoms with van der Waals surface area (Å²) in [6.07, 6.45) is 1.82. The zero-order valence-electron chi connectivity index (χ0n) is 15.2. The molecule has 0 aliphatic carbocycles. The highest BCUT2D eigenvalue weighted by atomic mass is 79.9. The van der Waals surface area contributed by atoms with E-state index in [0.29, 0.717) is 17.4 Å². The Kier molecular flexibility index (Phi) is 6.92. The van der Waals surface area contributed by atoms with Crippen LogP contribution >= 0.6 is 15.9 Å². The molecular formula is C22H20BrN3O2. The van der Waals surface area contributed by atoms with E-state index >= 15 is 0 Å². The van der Waals surface area contributed by atoms with E-state index < -0.39 is 5.91 Å². The minimum Gasteiger partial charge on any atom is -0.273 e. The molecule has 0 unspecified atom stereocenters. The van der Waals surface area contributed by atoms with E-state index in [2.05, 4.69) is 68.2 Å². The van der Waals surface area contributed by atoms with Crippen LogP contribution in [-0.4, -0.2) is 16.8 Å². The number of benzene rings is 2. The van der Waals surface area contributed by atoms with Crippen LogP contribution < -0.4 is 10.9 Å². The van der Waals surface area contributed by atoms with Gasteiger partial charge in [0.05, 0.1) is 0 Å². The summed E-state index contributed by atoms with van der Waals surface area (Å²) in [7, 11) is 0. The molecule has 0 aliphatic rings. The van der Waals surface area contributed by atoms with Crippen LogP contribution in [0.1, 0.15) is 28.9 Å². The van der Waals surface area contributed by atoms with E-state index in [4.69, 9.17) is 0 Å². The fourth-order valence-corrected chi connectivity index (χ4v) is 3.08. The lowest BCUT2D eigenvalue weighted by atomic mass is 10.0. The third-order valence-electron chi connectivity index (χ3n) is 4.19. The van der Waals surface area contributed by atoms with Gasteiger partial charge < -0.3 is 0 Å². The number of halogens is 1. The Morgan fingerprint density at radius 3 is 2.25 bits per heavy atom. The molecule has 0 saturated heterocycles. The second-order valence-corrected chi connectivity index (χ2v) is 7.08. The summed E-state index contributed by atoms with van der Waals surface area (Å²) >= 11 is 3.21. The first-order chi connectivity index (χ1) is 13.6. The number of rotatable bonds is 6. The lowest BCUT2D eigenvalue weighted by molar-refractivity contribution is -0.121. The van der Waals surface area contributed by atoms with Gasteiger partial charge in [0.25, 0.3) is 5.91 Å². The molecular weight excluding hydrogens is 418 g/mol. The van der Waals surface area contributed by atoms with Crippen LogP contribution in [0.25, 0.3) is 11.1 Å². The van der Waals surface area contributed by atoms with Crippen LogP contribution in [0, 0.1) is 0 Å². The standard InChI is InChI=1S/C22H20BrN3O2/c23-20-10-5-9-19(24-20)22(28)26-25-21(27)11-4-6-16-12-14-18(15-13-16)17-7-2-1-3-8-17/h1-3,5,7-10,12-15H,4,6,11H2,(H,25,27)(H,26,28). The average molecular weight is 438 g/mol. The van der Waals surface area contributed by atoms with Crippen LogP contribution in [-0.2, 0) is 11.2 Å². The van der Waals surface area contributed by atoms with Gasteiger partial charge in [0.1, 0.15) is 10.3 Å². The van der Waals surface area contributed by atoms with Gasteiger partial charge in [-0.05, 0) is 57.6 Å². The molecule has 1 heterocycles. The molecule has 0 aliphatic heterocycles. The maximum atomic E-state index is 11.9. The summed E-state index contributed by atoms with van der Waals surface area (Å²) in [5.74, 6) is -0.685. The van der Waals surface area contributed by atoms with E-state index in [9.17, 15) is 9.59 Å². The predicted octanol–water partition coefficient (Wildman–Crippen LogP) is 4.30. The number of pyridine rings is 1. The Hall–Kier alpha value is -2.99. The summed E-state index contributed by atoms with van der Waals surface area (Å²) in [5.41, 5.74) is 8.56. The van der Waals surface area contributed by atoms with E-state index in [1.165, 1.54) is 16.7 Å². The van der Waals surface area contributed by atoms with Crippen LogP contribution in [0.4, 0.5) is 0 Å². The third kappa shape index (κ3) is 5.76. The normalized spacial score (nSPS) is 10.3. The number of carbonyl (C=O) groups is 2. The molecule has 2 aromatic carbocycles. The van der Waals surface area contributed by atoms with Crippen LogP contribution in [0.5, 0.6) is 0 Å². The van der Waals surface area contributed by atoms with Crippen molar-refractivity contribution in [1.82, 2.24) is 15.8 Å². The minimum atomic E-state index is -0.453. The quantitative estimate of drug-likeness (QED) is 0.446. The Balaban J connectivity index is 1.41. The minimum absolute atomic E-state index is 0.230. The first-order valence-electron chi connectivity index (χ1n) is 8.98. The maximum absolute atomic E-state index is 11.9. The molecule has 0 fully saturated rings. The number of nitrogens with zero attached hydrogens (tertiary/aromatic N) is 1. The Labute approximate surface area is 172 Å². The summed E-state index contributed by atoms with van der Waals surface area (Å²) in [6.45, 7) is 0. The van der Waals surface area contributed by atoms with Gasteiger partial charge in [-0.1, -0.05) is 60.7 Å². The van der Waals surface area contributed by atoms with Gasteiger partial charge in [0.15, 0.2) is 0 Å². The number of amides is 2. The SMILES string of the molecule is O=C(CCCc1ccc(-c2ccccc2)cc1)NNC(=O)c1cccc(Br)n1. The van der Waals surface area contributed by atoms with E-state index in [1.54, 1.807) is 18.2 Å². The number of hydrogen-bond acceptors (Lipinski definition) is 3. The first kappa shape index (κ1) is 19.8. The van der Waals surface area contributed by atoms with Gasteiger partial charge >= 0.3 is 0 Å². The topological polar surface area (TPSA) is 71.1 Å². The number of aryl methyl sites for hydroxylation is 1. The summed E-state index contributed by atoms with van der Waals surface area (Å²) in [6, 6.07) is 23.6. The molecule has 0 saturated carbocycles. The van der Waals surface area contributed by atoms with Crippen molar-refractivity contribution in [2.75, 3.05) is 0 Å². The maximum Gasteiger partial charge on any atom is 0.288 e. The molecule has 6 heteroatoms. The highest BCUT2D eigenvalue weighted by Crippen LogP contribution is 2.19. The smallest absolute Gasteiger partial charge is 0.273 e. The van der Waals surface area contributed by atoms with Crippen LogP contribution in [0.2, 0.25) is 0 Å². The van der Waals surface area contributed by atoms with Crippen LogP contribution in [0.3, 0.4) is 0 Å². The number of carbonyl (C=O) groups excluding carboxylic acids is 2. The fourth-order valence-electron chi connectivity index (χ4n) is 2.74. The molecule has 2 N–H and O–H groups in total. The summed E-state index contributed by atoms with van der Waals surface area (Å²) in [5, 5.41) is 0. The molecule has 142 valence electrons. The lowest BCUT2D eigenvalue weighted by Crippen LogP contribution is -2.41. The van der Waals surface area contributed by atoms with Crippen molar-refractivity contribution >= 4 is 27.7 Å². The zero-order valence-corrected chi connectivity index (χ0v) is 16.8. The number of nitrogens with one attached hydrogen (secondary N) is 2. The lowest BCUT2D eigenvalue weighted by Gasteiger charge is -2.08. The van der Waals surface area contributed by atoms with Gasteiger partial charge in [0, 0.05) is 6.42 Å². The zero-order chi connectivity index (χ0) is 19.8. The van der Waals surface area contributed by atoms with Gasteiger partial charge in [-0.3, -0.25) is 20.4 Å². The Bertz CT molecular complexity index is 944. The van der Waals surface area contributed by atoms with Crippen molar-refractivity contribution in [3.8, 4) is 11.1 Å². The molecule has 0 spiro atoms. The second kappa shape index (κ2) is 9.80. The van der Waals surface area contributed by atoms with Gasteiger partial charge in [-0.15, -0.1) is 0 Å². The van der Waals surface area contributed by atoms with Crippen molar-refractivity contribution in [3.05, 3.63) is 88.7 Å². The molecule has 28 heavy (non-hydrogen) atoms. The molecule has 0 atom stereocenters. The number of aromatic nitrogens is 1. The van der Waals surface area contributed by atoms with Gasteiger partial charge in [-0.2, -0.15) is 0 Å². The number of hydrazine groups is 1. The molecule has 1 aromatic heterocycles.